The number of nitrogens with zero attached hydrogens (tertiary/aromatic N) is 1. The first-order valence-electron chi connectivity index (χ1n) is 9.46. The average molecular weight is 440 g/mol. The van der Waals surface area contributed by atoms with Gasteiger partial charge >= 0.3 is 0 Å². The van der Waals surface area contributed by atoms with E-state index < -0.39 is 5.92 Å². The molecular formula is C22H18ClN3O3S. The van der Waals surface area contributed by atoms with Crippen LogP contribution < -0.4 is 10.6 Å². The molecule has 2 N–H and O–H groups in total. The highest BCUT2D eigenvalue weighted by Crippen LogP contribution is 2.44. The van der Waals surface area contributed by atoms with Crippen LogP contribution in [0.25, 0.3) is 0 Å². The monoisotopic (exact) mass is 439 g/mol. The second kappa shape index (κ2) is 8.82. The minimum Gasteiger partial charge on any atom is -0.468 e. The molecule has 1 aliphatic heterocycles. The van der Waals surface area contributed by atoms with Crippen molar-refractivity contribution in [1.29, 1.82) is 5.26 Å². The molecule has 152 valence electrons. The van der Waals surface area contributed by atoms with Crippen LogP contribution in [-0.2, 0) is 9.59 Å². The summed E-state index contributed by atoms with van der Waals surface area (Å²) in [5, 5.41) is 17.1. The molecule has 1 atom stereocenters. The number of Topliss-reactive ketones (excluding diaryl/α,β-unsaturated/α-hetero) is 1. The zero-order valence-electron chi connectivity index (χ0n) is 15.9. The first-order chi connectivity index (χ1) is 14.6. The van der Waals surface area contributed by atoms with Gasteiger partial charge < -0.3 is 15.1 Å². The Kier molecular flexibility index (Phi) is 5.98. The SMILES string of the molecule is N#CC1=C(SCC(=O)Nc2ccc(Cl)cc2)NC2=C(C(=O)CCC2)[C@H]1c1ccco1. The standard InChI is InChI=1S/C22H18ClN3O3S/c23-13-6-8-14(9-7-13)25-19(28)12-30-22-15(11-24)20(18-5-2-10-29-18)21-16(26-22)3-1-4-17(21)27/h2,5-10,20,26H,1,3-4,12H2,(H,25,28)/t20-/m1/s1. The molecule has 2 aliphatic rings. The summed E-state index contributed by atoms with van der Waals surface area (Å²) in [7, 11) is 0. The van der Waals surface area contributed by atoms with Gasteiger partial charge in [-0.3, -0.25) is 9.59 Å². The summed E-state index contributed by atoms with van der Waals surface area (Å²) < 4.78 is 5.57. The number of allylic oxidation sites excluding steroid dienone is 3. The van der Waals surface area contributed by atoms with Crippen molar-refractivity contribution in [3.63, 3.8) is 0 Å². The number of halogens is 1. The highest BCUT2D eigenvalue weighted by molar-refractivity contribution is 8.03. The van der Waals surface area contributed by atoms with E-state index >= 15 is 0 Å². The second-order valence-corrected chi connectivity index (χ2v) is 8.36. The normalized spacial score (nSPS) is 18.5. The van der Waals surface area contributed by atoms with Gasteiger partial charge in [0, 0.05) is 28.4 Å². The minimum absolute atomic E-state index is 0.0300. The van der Waals surface area contributed by atoms with Crippen LogP contribution in [0.5, 0.6) is 0 Å². The number of ketones is 1. The average Bonchev–Trinajstić information content (AvgIpc) is 3.27. The van der Waals surface area contributed by atoms with Crippen LogP contribution in [0.4, 0.5) is 5.69 Å². The van der Waals surface area contributed by atoms with E-state index in [0.29, 0.717) is 39.1 Å². The van der Waals surface area contributed by atoms with Gasteiger partial charge in [0.2, 0.25) is 5.91 Å². The number of hydrogen-bond acceptors (Lipinski definition) is 6. The molecule has 0 unspecified atom stereocenters. The van der Waals surface area contributed by atoms with Crippen LogP contribution in [0.3, 0.4) is 0 Å². The fourth-order valence-corrected chi connectivity index (χ4v) is 4.63. The zero-order chi connectivity index (χ0) is 21.1. The van der Waals surface area contributed by atoms with Crippen molar-refractivity contribution >= 4 is 40.7 Å². The molecule has 0 saturated carbocycles. The lowest BCUT2D eigenvalue weighted by molar-refractivity contribution is -0.116. The molecule has 0 bridgehead atoms. The molecule has 0 radical (unpaired) electrons. The molecule has 1 aliphatic carbocycles. The number of thioether (sulfide) groups is 1. The minimum atomic E-state index is -0.545. The van der Waals surface area contributed by atoms with Crippen molar-refractivity contribution < 1.29 is 14.0 Å². The number of carbonyl (C=O) groups excluding carboxylic acids is 2. The van der Waals surface area contributed by atoms with Crippen molar-refractivity contribution in [2.45, 2.75) is 25.2 Å². The van der Waals surface area contributed by atoms with Gasteiger partial charge in [-0.2, -0.15) is 5.26 Å². The van der Waals surface area contributed by atoms with Crippen LogP contribution in [0, 0.1) is 11.3 Å². The molecule has 1 amide bonds. The van der Waals surface area contributed by atoms with Gasteiger partial charge in [0.15, 0.2) is 5.78 Å². The van der Waals surface area contributed by atoms with Crippen LogP contribution in [-0.4, -0.2) is 17.4 Å². The molecule has 0 saturated heterocycles. The van der Waals surface area contributed by atoms with E-state index in [1.54, 1.807) is 36.4 Å². The van der Waals surface area contributed by atoms with Crippen LogP contribution >= 0.6 is 23.4 Å². The number of hydrogen-bond donors (Lipinski definition) is 2. The van der Waals surface area contributed by atoms with E-state index in [1.807, 2.05) is 0 Å². The summed E-state index contributed by atoms with van der Waals surface area (Å²) in [6.45, 7) is 0. The molecule has 8 heteroatoms. The summed E-state index contributed by atoms with van der Waals surface area (Å²) in [5.41, 5.74) is 2.45. The Labute approximate surface area is 183 Å². The molecule has 30 heavy (non-hydrogen) atoms. The Balaban J connectivity index is 1.56. The van der Waals surface area contributed by atoms with Crippen molar-refractivity contribution in [1.82, 2.24) is 5.32 Å². The second-order valence-electron chi connectivity index (χ2n) is 6.94. The van der Waals surface area contributed by atoms with Gasteiger partial charge in [-0.1, -0.05) is 23.4 Å². The third kappa shape index (κ3) is 4.16. The lowest BCUT2D eigenvalue weighted by atomic mass is 9.79. The van der Waals surface area contributed by atoms with E-state index in [1.165, 1.54) is 18.0 Å². The van der Waals surface area contributed by atoms with E-state index in [0.717, 1.165) is 18.5 Å². The quantitative estimate of drug-likeness (QED) is 0.699. The predicted molar refractivity (Wildman–Crippen MR) is 116 cm³/mol. The zero-order valence-corrected chi connectivity index (χ0v) is 17.5. The number of anilines is 1. The number of nitrogens with one attached hydrogen (secondary N) is 2. The number of rotatable bonds is 5. The van der Waals surface area contributed by atoms with E-state index in [4.69, 9.17) is 16.0 Å². The third-order valence-corrected chi connectivity index (χ3v) is 6.24. The third-order valence-electron chi connectivity index (χ3n) is 4.97. The van der Waals surface area contributed by atoms with E-state index in [9.17, 15) is 14.9 Å². The first kappa shape index (κ1) is 20.3. The van der Waals surface area contributed by atoms with Crippen molar-refractivity contribution in [3.05, 3.63) is 75.3 Å². The molecule has 6 nitrogen and oxygen atoms in total. The highest BCUT2D eigenvalue weighted by atomic mass is 35.5. The van der Waals surface area contributed by atoms with Crippen molar-refractivity contribution in [3.8, 4) is 6.07 Å². The Morgan fingerprint density at radius 3 is 2.80 bits per heavy atom. The Morgan fingerprint density at radius 2 is 2.10 bits per heavy atom. The summed E-state index contributed by atoms with van der Waals surface area (Å²) in [6, 6.07) is 12.6. The summed E-state index contributed by atoms with van der Waals surface area (Å²) in [5.74, 6) is -0.0572. The lowest BCUT2D eigenvalue weighted by Crippen LogP contribution is -2.31. The number of carbonyl (C=O) groups is 2. The molecule has 1 aromatic carbocycles. The van der Waals surface area contributed by atoms with Gasteiger partial charge in [0.25, 0.3) is 0 Å². The van der Waals surface area contributed by atoms with Gasteiger partial charge in [-0.05, 0) is 49.2 Å². The fraction of sp³-hybridized carbons (Fsp3) is 0.227. The molecule has 2 aromatic rings. The maximum atomic E-state index is 12.6. The van der Waals surface area contributed by atoms with Crippen LogP contribution in [0.1, 0.15) is 30.9 Å². The number of dihydropyridines is 1. The van der Waals surface area contributed by atoms with E-state index in [2.05, 4.69) is 16.7 Å². The topological polar surface area (TPSA) is 95.1 Å². The van der Waals surface area contributed by atoms with E-state index in [-0.39, 0.29) is 17.4 Å². The number of amides is 1. The summed E-state index contributed by atoms with van der Waals surface area (Å²) in [4.78, 5) is 25.0. The Hall–Kier alpha value is -2.95. The maximum Gasteiger partial charge on any atom is 0.234 e. The van der Waals surface area contributed by atoms with Gasteiger partial charge in [0.1, 0.15) is 5.76 Å². The molecule has 1 aromatic heterocycles. The van der Waals surface area contributed by atoms with Crippen molar-refractivity contribution in [2.75, 3.05) is 11.1 Å². The van der Waals surface area contributed by atoms with Crippen LogP contribution in [0.15, 0.2) is 69.0 Å². The molecule has 0 spiro atoms. The first-order valence-corrected chi connectivity index (χ1v) is 10.8. The van der Waals surface area contributed by atoms with Crippen molar-refractivity contribution in [2.24, 2.45) is 0 Å². The summed E-state index contributed by atoms with van der Waals surface area (Å²) >= 11 is 7.11. The molecule has 0 fully saturated rings. The molecule has 4 rings (SSSR count). The van der Waals surface area contributed by atoms with Gasteiger partial charge in [0.05, 0.1) is 34.6 Å². The smallest absolute Gasteiger partial charge is 0.234 e. The summed E-state index contributed by atoms with van der Waals surface area (Å²) in [6.07, 6.45) is 3.47. The molecule has 2 heterocycles. The van der Waals surface area contributed by atoms with Gasteiger partial charge in [-0.15, -0.1) is 0 Å². The largest absolute Gasteiger partial charge is 0.468 e. The van der Waals surface area contributed by atoms with Crippen LogP contribution in [0.2, 0.25) is 5.02 Å². The fourth-order valence-electron chi connectivity index (χ4n) is 3.65. The molecular weight excluding hydrogens is 422 g/mol. The predicted octanol–water partition coefficient (Wildman–Crippen LogP) is 4.73. The maximum absolute atomic E-state index is 12.6. The lowest BCUT2D eigenvalue weighted by Gasteiger charge is -2.32. The number of benzene rings is 1. The Bertz CT molecular complexity index is 1080. The number of nitriles is 1. The number of furan rings is 1. The Morgan fingerprint density at radius 1 is 1.30 bits per heavy atom. The van der Waals surface area contributed by atoms with Gasteiger partial charge in [-0.25, -0.2) is 0 Å². The highest BCUT2D eigenvalue weighted by Gasteiger charge is 2.38.